The Kier molecular flexibility index (Phi) is 3.68. The summed E-state index contributed by atoms with van der Waals surface area (Å²) in [6.45, 7) is 3.38. The van der Waals surface area contributed by atoms with Gasteiger partial charge in [-0.25, -0.2) is 0 Å². The zero-order chi connectivity index (χ0) is 10.7. The van der Waals surface area contributed by atoms with E-state index in [2.05, 4.69) is 12.2 Å². The molecule has 2 N–H and O–H groups in total. The van der Waals surface area contributed by atoms with Gasteiger partial charge in [-0.05, 0) is 44.6 Å². The zero-order valence-electron chi connectivity index (χ0n) is 9.97. The predicted molar refractivity (Wildman–Crippen MR) is 62.8 cm³/mol. The van der Waals surface area contributed by atoms with E-state index in [1.807, 2.05) is 0 Å². The van der Waals surface area contributed by atoms with Crippen LogP contribution in [0.5, 0.6) is 0 Å². The van der Waals surface area contributed by atoms with E-state index >= 15 is 0 Å². The van der Waals surface area contributed by atoms with E-state index in [0.29, 0.717) is 6.04 Å². The number of nitrogens with one attached hydrogen (secondary N) is 1. The van der Waals surface area contributed by atoms with Crippen molar-refractivity contribution in [2.24, 2.45) is 5.92 Å². The monoisotopic (exact) mass is 211 g/mol. The van der Waals surface area contributed by atoms with Crippen molar-refractivity contribution in [1.29, 1.82) is 0 Å². The molecule has 1 saturated carbocycles. The quantitative estimate of drug-likeness (QED) is 0.688. The van der Waals surface area contributed by atoms with Crippen molar-refractivity contribution in [3.05, 3.63) is 0 Å². The van der Waals surface area contributed by atoms with Gasteiger partial charge in [-0.2, -0.15) is 0 Å². The molecule has 3 atom stereocenters. The summed E-state index contributed by atoms with van der Waals surface area (Å²) in [6.07, 6.45) is 9.50. The van der Waals surface area contributed by atoms with Crippen LogP contribution < -0.4 is 5.32 Å². The van der Waals surface area contributed by atoms with Crippen LogP contribution in [0.2, 0.25) is 0 Å². The van der Waals surface area contributed by atoms with Gasteiger partial charge in [0.05, 0.1) is 5.60 Å². The molecule has 2 fully saturated rings. The molecule has 0 radical (unpaired) electrons. The Hall–Kier alpha value is -0.0800. The lowest BCUT2D eigenvalue weighted by Crippen LogP contribution is -2.47. The maximum Gasteiger partial charge on any atom is 0.0800 e. The molecule has 0 bridgehead atoms. The second kappa shape index (κ2) is 4.84. The molecule has 0 aromatic rings. The van der Waals surface area contributed by atoms with E-state index in [1.54, 1.807) is 0 Å². The molecule has 1 heterocycles. The summed E-state index contributed by atoms with van der Waals surface area (Å²) in [6, 6.07) is 0.383. The van der Waals surface area contributed by atoms with Crippen molar-refractivity contribution < 1.29 is 5.11 Å². The predicted octanol–water partition coefficient (Wildman–Crippen LogP) is 2.46. The first-order valence-corrected chi connectivity index (χ1v) is 6.70. The first-order chi connectivity index (χ1) is 7.24. The Morgan fingerprint density at radius 2 is 2.07 bits per heavy atom. The van der Waals surface area contributed by atoms with Crippen LogP contribution in [0.4, 0.5) is 0 Å². The van der Waals surface area contributed by atoms with Gasteiger partial charge in [0.25, 0.3) is 0 Å². The van der Waals surface area contributed by atoms with Crippen LogP contribution in [0, 0.1) is 5.92 Å². The van der Waals surface area contributed by atoms with E-state index in [0.717, 1.165) is 25.3 Å². The van der Waals surface area contributed by atoms with Crippen molar-refractivity contribution >= 4 is 0 Å². The molecule has 2 nitrogen and oxygen atoms in total. The van der Waals surface area contributed by atoms with Crippen LogP contribution in [-0.2, 0) is 0 Å². The van der Waals surface area contributed by atoms with Gasteiger partial charge in [0.1, 0.15) is 0 Å². The summed E-state index contributed by atoms with van der Waals surface area (Å²) < 4.78 is 0. The SMILES string of the molecule is CCC1CCCC(O)(C2CCCN2)CC1. The molecular formula is C13H25NO. The van der Waals surface area contributed by atoms with Gasteiger partial charge in [0, 0.05) is 6.04 Å². The van der Waals surface area contributed by atoms with Crippen molar-refractivity contribution in [3.8, 4) is 0 Å². The third-order valence-electron chi connectivity index (χ3n) is 4.49. The fraction of sp³-hybridized carbons (Fsp3) is 1.00. The molecule has 0 aromatic carbocycles. The van der Waals surface area contributed by atoms with Crippen molar-refractivity contribution in [2.45, 2.75) is 69.9 Å². The minimum Gasteiger partial charge on any atom is -0.388 e. The molecule has 0 spiro atoms. The van der Waals surface area contributed by atoms with Crippen LogP contribution in [0.3, 0.4) is 0 Å². The fourth-order valence-electron chi connectivity index (χ4n) is 3.32. The number of hydrogen-bond acceptors (Lipinski definition) is 2. The van der Waals surface area contributed by atoms with Gasteiger partial charge < -0.3 is 10.4 Å². The highest BCUT2D eigenvalue weighted by Gasteiger charge is 2.39. The summed E-state index contributed by atoms with van der Waals surface area (Å²) in [4.78, 5) is 0. The maximum atomic E-state index is 10.7. The first-order valence-electron chi connectivity index (χ1n) is 6.70. The molecule has 3 unspecified atom stereocenters. The number of aliphatic hydroxyl groups is 1. The lowest BCUT2D eigenvalue weighted by atomic mass is 9.85. The highest BCUT2D eigenvalue weighted by molar-refractivity contribution is 4.96. The maximum absolute atomic E-state index is 10.7. The van der Waals surface area contributed by atoms with Gasteiger partial charge in [-0.3, -0.25) is 0 Å². The van der Waals surface area contributed by atoms with Crippen molar-refractivity contribution in [1.82, 2.24) is 5.32 Å². The molecule has 0 amide bonds. The first kappa shape index (κ1) is 11.4. The lowest BCUT2D eigenvalue weighted by molar-refractivity contribution is -0.00746. The van der Waals surface area contributed by atoms with Crippen LogP contribution >= 0.6 is 0 Å². The zero-order valence-corrected chi connectivity index (χ0v) is 9.97. The van der Waals surface area contributed by atoms with Gasteiger partial charge in [0.2, 0.25) is 0 Å². The second-order valence-corrected chi connectivity index (χ2v) is 5.46. The Labute approximate surface area is 93.5 Å². The van der Waals surface area contributed by atoms with Crippen LogP contribution in [0.25, 0.3) is 0 Å². The number of hydrogen-bond donors (Lipinski definition) is 2. The van der Waals surface area contributed by atoms with Gasteiger partial charge in [-0.1, -0.05) is 26.2 Å². The second-order valence-electron chi connectivity index (χ2n) is 5.46. The molecule has 1 saturated heterocycles. The molecule has 0 aromatic heterocycles. The summed E-state index contributed by atoms with van der Waals surface area (Å²) in [7, 11) is 0. The van der Waals surface area contributed by atoms with Crippen molar-refractivity contribution in [3.63, 3.8) is 0 Å². The smallest absolute Gasteiger partial charge is 0.0800 e. The van der Waals surface area contributed by atoms with Crippen LogP contribution in [-0.4, -0.2) is 23.3 Å². The molecule has 2 rings (SSSR count). The third-order valence-corrected chi connectivity index (χ3v) is 4.49. The molecule has 2 aliphatic rings. The molecule has 1 aliphatic carbocycles. The molecular weight excluding hydrogens is 186 g/mol. The topological polar surface area (TPSA) is 32.3 Å². The van der Waals surface area contributed by atoms with E-state index in [4.69, 9.17) is 0 Å². The van der Waals surface area contributed by atoms with Gasteiger partial charge >= 0.3 is 0 Å². The third kappa shape index (κ3) is 2.54. The summed E-state index contributed by atoms with van der Waals surface area (Å²) in [5, 5.41) is 14.2. The normalized spacial score (nSPS) is 42.8. The molecule has 1 aliphatic heterocycles. The largest absolute Gasteiger partial charge is 0.388 e. The van der Waals surface area contributed by atoms with E-state index in [-0.39, 0.29) is 5.60 Å². The molecule has 2 heteroatoms. The molecule has 88 valence electrons. The minimum atomic E-state index is -0.388. The highest BCUT2D eigenvalue weighted by atomic mass is 16.3. The Balaban J connectivity index is 1.95. The van der Waals surface area contributed by atoms with Crippen LogP contribution in [0.15, 0.2) is 0 Å². The number of rotatable bonds is 2. The highest BCUT2D eigenvalue weighted by Crippen LogP contribution is 2.36. The summed E-state index contributed by atoms with van der Waals surface area (Å²) in [5.41, 5.74) is -0.388. The van der Waals surface area contributed by atoms with E-state index in [9.17, 15) is 5.11 Å². The average Bonchev–Trinajstić information content (AvgIpc) is 2.71. The molecule has 15 heavy (non-hydrogen) atoms. The Morgan fingerprint density at radius 1 is 1.20 bits per heavy atom. The lowest BCUT2D eigenvalue weighted by Gasteiger charge is -2.33. The summed E-state index contributed by atoms with van der Waals surface area (Å²) in [5.74, 6) is 0.862. The standard InChI is InChI=1S/C13H25NO/c1-2-11-5-3-8-13(15,9-7-11)12-6-4-10-14-12/h11-12,14-15H,2-10H2,1H3. The fourth-order valence-corrected chi connectivity index (χ4v) is 3.32. The van der Waals surface area contributed by atoms with Crippen molar-refractivity contribution in [2.75, 3.05) is 6.54 Å². The minimum absolute atomic E-state index is 0.383. The van der Waals surface area contributed by atoms with Gasteiger partial charge in [0.15, 0.2) is 0 Å². The summed E-state index contributed by atoms with van der Waals surface area (Å²) >= 11 is 0. The van der Waals surface area contributed by atoms with E-state index < -0.39 is 0 Å². The van der Waals surface area contributed by atoms with E-state index in [1.165, 1.54) is 38.5 Å². The average molecular weight is 211 g/mol. The van der Waals surface area contributed by atoms with Gasteiger partial charge in [-0.15, -0.1) is 0 Å². The Bertz CT molecular complexity index is 201. The Morgan fingerprint density at radius 3 is 2.73 bits per heavy atom. The van der Waals surface area contributed by atoms with Crippen LogP contribution in [0.1, 0.15) is 58.3 Å².